The second-order valence-electron chi connectivity index (χ2n) is 9.08. The molecule has 0 bridgehead atoms. The van der Waals surface area contributed by atoms with Gasteiger partial charge in [-0.3, -0.25) is 9.69 Å². The summed E-state index contributed by atoms with van der Waals surface area (Å²) < 4.78 is 5.42. The standard InChI is InChI=1S/C21H36N2O2/c1-16(2)15-18-19(21(18,3)4)20(24)23-9-6-17(7-10-23)5-8-22-11-13-25-14-12-22/h15,17-19H,5-14H2,1-4H3/t18-,19+/m1/s1. The van der Waals surface area contributed by atoms with Crippen LogP contribution < -0.4 is 0 Å². The molecule has 2 aliphatic heterocycles. The summed E-state index contributed by atoms with van der Waals surface area (Å²) in [5, 5.41) is 0. The van der Waals surface area contributed by atoms with Crippen molar-refractivity contribution < 1.29 is 9.53 Å². The van der Waals surface area contributed by atoms with Crippen LogP contribution in [-0.4, -0.2) is 61.6 Å². The van der Waals surface area contributed by atoms with Crippen LogP contribution in [0.25, 0.3) is 0 Å². The van der Waals surface area contributed by atoms with E-state index in [2.05, 4.69) is 43.6 Å². The lowest BCUT2D eigenvalue weighted by Crippen LogP contribution is -2.41. The fourth-order valence-corrected chi connectivity index (χ4v) is 4.65. The lowest BCUT2D eigenvalue weighted by molar-refractivity contribution is -0.134. The van der Waals surface area contributed by atoms with Crippen LogP contribution in [0.1, 0.15) is 47.0 Å². The molecule has 0 N–H and O–H groups in total. The summed E-state index contributed by atoms with van der Waals surface area (Å²) in [5.41, 5.74) is 1.47. The van der Waals surface area contributed by atoms with Crippen LogP contribution in [0.3, 0.4) is 0 Å². The van der Waals surface area contributed by atoms with Gasteiger partial charge in [0.25, 0.3) is 0 Å². The summed E-state index contributed by atoms with van der Waals surface area (Å²) >= 11 is 0. The molecule has 142 valence electrons. The molecular formula is C21H36N2O2. The van der Waals surface area contributed by atoms with Crippen LogP contribution in [0.5, 0.6) is 0 Å². The first-order valence-corrected chi connectivity index (χ1v) is 10.1. The van der Waals surface area contributed by atoms with Gasteiger partial charge in [-0.2, -0.15) is 0 Å². The minimum absolute atomic E-state index is 0.140. The van der Waals surface area contributed by atoms with Gasteiger partial charge in [0.05, 0.1) is 19.1 Å². The van der Waals surface area contributed by atoms with Crippen LogP contribution in [0.15, 0.2) is 11.6 Å². The zero-order chi connectivity index (χ0) is 18.0. The van der Waals surface area contributed by atoms with Gasteiger partial charge in [-0.15, -0.1) is 0 Å². The van der Waals surface area contributed by atoms with Crippen molar-refractivity contribution in [1.82, 2.24) is 9.80 Å². The highest BCUT2D eigenvalue weighted by molar-refractivity contribution is 5.84. The Morgan fingerprint density at radius 1 is 1.12 bits per heavy atom. The average Bonchev–Trinajstić information content (AvgIpc) is 3.13. The largest absolute Gasteiger partial charge is 0.379 e. The molecule has 0 aromatic rings. The van der Waals surface area contributed by atoms with Crippen molar-refractivity contribution in [2.45, 2.75) is 47.0 Å². The lowest BCUT2D eigenvalue weighted by atomic mass is 9.93. The summed E-state index contributed by atoms with van der Waals surface area (Å²) in [6, 6.07) is 0. The number of nitrogens with zero attached hydrogens (tertiary/aromatic N) is 2. The number of amides is 1. The Morgan fingerprint density at radius 3 is 2.36 bits per heavy atom. The molecule has 0 radical (unpaired) electrons. The van der Waals surface area contributed by atoms with Crippen molar-refractivity contribution in [1.29, 1.82) is 0 Å². The lowest BCUT2D eigenvalue weighted by Gasteiger charge is -2.34. The average molecular weight is 349 g/mol. The molecule has 25 heavy (non-hydrogen) atoms. The molecule has 4 heteroatoms. The second kappa shape index (κ2) is 7.79. The molecule has 3 fully saturated rings. The SMILES string of the molecule is CC(C)=C[C@@H]1[C@@H](C(=O)N2CCC(CCN3CCOCC3)CC2)C1(C)C. The maximum absolute atomic E-state index is 13.0. The minimum Gasteiger partial charge on any atom is -0.379 e. The smallest absolute Gasteiger partial charge is 0.226 e. The van der Waals surface area contributed by atoms with Crippen LogP contribution in [0, 0.1) is 23.2 Å². The number of hydrogen-bond acceptors (Lipinski definition) is 3. The van der Waals surface area contributed by atoms with Gasteiger partial charge in [0.1, 0.15) is 0 Å². The van der Waals surface area contributed by atoms with E-state index in [0.717, 1.165) is 45.3 Å². The highest BCUT2D eigenvalue weighted by Gasteiger charge is 2.61. The second-order valence-corrected chi connectivity index (χ2v) is 9.08. The van der Waals surface area contributed by atoms with E-state index in [4.69, 9.17) is 4.74 Å². The zero-order valence-electron chi connectivity index (χ0n) is 16.6. The van der Waals surface area contributed by atoms with E-state index in [1.54, 1.807) is 0 Å². The molecular weight excluding hydrogens is 312 g/mol. The van der Waals surface area contributed by atoms with E-state index in [1.807, 2.05) is 0 Å². The van der Waals surface area contributed by atoms with E-state index in [0.29, 0.717) is 11.8 Å². The van der Waals surface area contributed by atoms with Gasteiger partial charge in [-0.25, -0.2) is 0 Å². The Balaban J connectivity index is 1.43. The number of allylic oxidation sites excluding steroid dienone is 2. The molecule has 1 amide bonds. The Bertz CT molecular complexity index is 496. The third-order valence-corrected chi connectivity index (χ3v) is 6.57. The summed E-state index contributed by atoms with van der Waals surface area (Å²) in [5.74, 6) is 1.82. The summed E-state index contributed by atoms with van der Waals surface area (Å²) in [6.07, 6.45) is 5.93. The third-order valence-electron chi connectivity index (χ3n) is 6.57. The van der Waals surface area contributed by atoms with Gasteiger partial charge < -0.3 is 9.64 Å². The Labute approximate surface area is 153 Å². The van der Waals surface area contributed by atoms with Crippen LogP contribution in [-0.2, 0) is 9.53 Å². The highest BCUT2D eigenvalue weighted by Crippen LogP contribution is 2.60. The number of piperidine rings is 1. The number of carbonyl (C=O) groups excluding carboxylic acids is 1. The Kier molecular flexibility index (Phi) is 5.89. The van der Waals surface area contributed by atoms with E-state index in [9.17, 15) is 4.79 Å². The molecule has 3 rings (SSSR count). The molecule has 0 spiro atoms. The highest BCUT2D eigenvalue weighted by atomic mass is 16.5. The molecule has 1 aliphatic carbocycles. The number of hydrogen-bond donors (Lipinski definition) is 0. The van der Waals surface area contributed by atoms with E-state index >= 15 is 0 Å². The number of morpholine rings is 1. The van der Waals surface area contributed by atoms with E-state index in [1.165, 1.54) is 31.4 Å². The van der Waals surface area contributed by atoms with Gasteiger partial charge >= 0.3 is 0 Å². The third kappa shape index (κ3) is 4.46. The van der Waals surface area contributed by atoms with E-state index in [-0.39, 0.29) is 11.3 Å². The van der Waals surface area contributed by atoms with Crippen molar-refractivity contribution in [3.8, 4) is 0 Å². The maximum atomic E-state index is 13.0. The Hall–Kier alpha value is -0.870. The fraction of sp³-hybridized carbons (Fsp3) is 0.857. The van der Waals surface area contributed by atoms with Crippen molar-refractivity contribution in [2.24, 2.45) is 23.2 Å². The summed E-state index contributed by atoms with van der Waals surface area (Å²) in [6.45, 7) is 15.8. The number of carbonyl (C=O) groups is 1. The van der Waals surface area contributed by atoms with Gasteiger partial charge in [0.15, 0.2) is 0 Å². The quantitative estimate of drug-likeness (QED) is 0.716. The number of rotatable bonds is 5. The molecule has 2 atom stereocenters. The minimum atomic E-state index is 0.140. The maximum Gasteiger partial charge on any atom is 0.226 e. The molecule has 3 aliphatic rings. The normalized spacial score (nSPS) is 30.2. The first-order valence-electron chi connectivity index (χ1n) is 10.1. The van der Waals surface area contributed by atoms with E-state index < -0.39 is 0 Å². The first-order chi connectivity index (χ1) is 11.9. The first kappa shape index (κ1) is 18.9. The van der Waals surface area contributed by atoms with Gasteiger partial charge in [0.2, 0.25) is 5.91 Å². The fourth-order valence-electron chi connectivity index (χ4n) is 4.65. The van der Waals surface area contributed by atoms with Crippen LogP contribution >= 0.6 is 0 Å². The predicted molar refractivity (Wildman–Crippen MR) is 101 cm³/mol. The predicted octanol–water partition coefficient (Wildman–Crippen LogP) is 3.19. The van der Waals surface area contributed by atoms with Gasteiger partial charge in [-0.05, 0) is 56.9 Å². The molecule has 0 aromatic carbocycles. The molecule has 2 heterocycles. The molecule has 2 saturated heterocycles. The summed E-state index contributed by atoms with van der Waals surface area (Å²) in [4.78, 5) is 17.6. The molecule has 1 saturated carbocycles. The van der Waals surface area contributed by atoms with Crippen molar-refractivity contribution in [3.05, 3.63) is 11.6 Å². The number of likely N-dealkylation sites (tertiary alicyclic amines) is 1. The summed E-state index contributed by atoms with van der Waals surface area (Å²) in [7, 11) is 0. The molecule has 0 aromatic heterocycles. The van der Waals surface area contributed by atoms with Crippen LogP contribution in [0.4, 0.5) is 0 Å². The number of ether oxygens (including phenoxy) is 1. The zero-order valence-corrected chi connectivity index (χ0v) is 16.6. The topological polar surface area (TPSA) is 32.8 Å². The van der Waals surface area contributed by atoms with Crippen LogP contribution in [0.2, 0.25) is 0 Å². The molecule has 0 unspecified atom stereocenters. The van der Waals surface area contributed by atoms with Gasteiger partial charge in [0, 0.05) is 26.2 Å². The van der Waals surface area contributed by atoms with Crippen molar-refractivity contribution in [2.75, 3.05) is 45.9 Å². The van der Waals surface area contributed by atoms with Crippen molar-refractivity contribution in [3.63, 3.8) is 0 Å². The monoisotopic (exact) mass is 348 g/mol. The Morgan fingerprint density at radius 2 is 1.76 bits per heavy atom. The van der Waals surface area contributed by atoms with Gasteiger partial charge in [-0.1, -0.05) is 25.5 Å². The molecule has 4 nitrogen and oxygen atoms in total. The van der Waals surface area contributed by atoms with Crippen molar-refractivity contribution >= 4 is 5.91 Å².